The first-order valence-corrected chi connectivity index (χ1v) is 8.45. The number of amides is 1. The molecule has 2 heterocycles. The van der Waals surface area contributed by atoms with Crippen molar-refractivity contribution in [2.45, 2.75) is 12.8 Å². The van der Waals surface area contributed by atoms with E-state index in [1.54, 1.807) is 11.3 Å². The van der Waals surface area contributed by atoms with Crippen LogP contribution in [0.5, 0.6) is 0 Å². The Hall–Kier alpha value is -1.66. The summed E-state index contributed by atoms with van der Waals surface area (Å²) < 4.78 is 6.57. The third kappa shape index (κ3) is 3.75. The lowest BCUT2D eigenvalue weighted by Crippen LogP contribution is -2.39. The molecule has 22 heavy (non-hydrogen) atoms. The molecule has 2 aromatic rings. The Morgan fingerprint density at radius 2 is 2.36 bits per heavy atom. The standard InChI is InChI=1S/C16H21N3O2S/c1-19(16-18-13-6-2-3-7-14(13)22-16)10-15(20)17-9-12-5-4-8-21-11-12/h2-3,6-7,12H,4-5,8-11H2,1H3,(H,17,20)/t12-/m0/s1. The molecule has 5 nitrogen and oxygen atoms in total. The lowest BCUT2D eigenvalue weighted by molar-refractivity contribution is -0.120. The van der Waals surface area contributed by atoms with Crippen molar-refractivity contribution in [3.63, 3.8) is 0 Å². The molecule has 0 bridgehead atoms. The first-order chi connectivity index (χ1) is 10.7. The van der Waals surface area contributed by atoms with E-state index >= 15 is 0 Å². The van der Waals surface area contributed by atoms with Crippen LogP contribution in [-0.2, 0) is 9.53 Å². The van der Waals surface area contributed by atoms with E-state index in [9.17, 15) is 4.79 Å². The molecule has 1 fully saturated rings. The molecule has 1 saturated heterocycles. The summed E-state index contributed by atoms with van der Waals surface area (Å²) in [6.45, 7) is 2.64. The van der Waals surface area contributed by atoms with E-state index in [1.807, 2.05) is 36.2 Å². The van der Waals surface area contributed by atoms with Crippen LogP contribution in [0, 0.1) is 5.92 Å². The van der Waals surface area contributed by atoms with E-state index in [-0.39, 0.29) is 5.91 Å². The van der Waals surface area contributed by atoms with E-state index in [2.05, 4.69) is 10.3 Å². The van der Waals surface area contributed by atoms with Crippen LogP contribution in [0.15, 0.2) is 24.3 Å². The van der Waals surface area contributed by atoms with Crippen LogP contribution in [0.2, 0.25) is 0 Å². The summed E-state index contributed by atoms with van der Waals surface area (Å²) in [5.74, 6) is 0.484. The number of nitrogens with one attached hydrogen (secondary N) is 1. The van der Waals surface area contributed by atoms with Gasteiger partial charge in [-0.3, -0.25) is 4.79 Å². The number of nitrogens with zero attached hydrogens (tertiary/aromatic N) is 2. The van der Waals surface area contributed by atoms with E-state index < -0.39 is 0 Å². The number of rotatable bonds is 5. The van der Waals surface area contributed by atoms with Gasteiger partial charge in [-0.05, 0) is 30.9 Å². The van der Waals surface area contributed by atoms with Crippen LogP contribution < -0.4 is 10.2 Å². The van der Waals surface area contributed by atoms with Crippen LogP contribution in [0.4, 0.5) is 5.13 Å². The topological polar surface area (TPSA) is 54.5 Å². The number of aromatic nitrogens is 1. The number of ether oxygens (including phenoxy) is 1. The Kier molecular flexibility index (Phi) is 4.90. The van der Waals surface area contributed by atoms with Crippen molar-refractivity contribution < 1.29 is 9.53 Å². The maximum atomic E-state index is 12.1. The zero-order valence-electron chi connectivity index (χ0n) is 12.7. The molecule has 1 aromatic carbocycles. The van der Waals surface area contributed by atoms with Gasteiger partial charge in [-0.15, -0.1) is 0 Å². The fourth-order valence-corrected chi connectivity index (χ4v) is 3.51. The second-order valence-electron chi connectivity index (χ2n) is 5.71. The Morgan fingerprint density at radius 3 is 3.14 bits per heavy atom. The molecule has 6 heteroatoms. The molecule has 0 radical (unpaired) electrons. The Balaban J connectivity index is 1.51. The molecular formula is C16H21N3O2S. The van der Waals surface area contributed by atoms with Gasteiger partial charge in [0.05, 0.1) is 23.4 Å². The third-order valence-corrected chi connectivity index (χ3v) is 4.98. The average molecular weight is 319 g/mol. The predicted molar refractivity (Wildman–Crippen MR) is 89.4 cm³/mol. The quantitative estimate of drug-likeness (QED) is 0.918. The Morgan fingerprint density at radius 1 is 1.50 bits per heavy atom. The molecule has 1 amide bonds. The van der Waals surface area contributed by atoms with Gasteiger partial charge in [-0.2, -0.15) is 0 Å². The number of hydrogen-bond donors (Lipinski definition) is 1. The van der Waals surface area contributed by atoms with Crippen LogP contribution >= 0.6 is 11.3 Å². The minimum absolute atomic E-state index is 0.0346. The molecule has 1 N–H and O–H groups in total. The normalized spacial score (nSPS) is 18.3. The molecule has 0 unspecified atom stereocenters. The van der Waals surface area contributed by atoms with E-state index in [4.69, 9.17) is 4.74 Å². The number of likely N-dealkylation sites (N-methyl/N-ethyl adjacent to an activating group) is 1. The molecule has 0 aliphatic carbocycles. The Labute approximate surface area is 134 Å². The lowest BCUT2D eigenvalue weighted by atomic mass is 10.0. The smallest absolute Gasteiger partial charge is 0.239 e. The van der Waals surface area contributed by atoms with Crippen molar-refractivity contribution in [1.29, 1.82) is 0 Å². The largest absolute Gasteiger partial charge is 0.381 e. The summed E-state index contributed by atoms with van der Waals surface area (Å²) in [7, 11) is 1.90. The highest BCUT2D eigenvalue weighted by Gasteiger charge is 2.16. The van der Waals surface area contributed by atoms with E-state index in [0.29, 0.717) is 19.0 Å². The maximum Gasteiger partial charge on any atom is 0.239 e. The second kappa shape index (κ2) is 7.07. The van der Waals surface area contributed by atoms with Crippen molar-refractivity contribution in [3.8, 4) is 0 Å². The van der Waals surface area contributed by atoms with Crippen LogP contribution in [0.3, 0.4) is 0 Å². The molecule has 0 spiro atoms. The van der Waals surface area contributed by atoms with Gasteiger partial charge in [-0.25, -0.2) is 4.98 Å². The van der Waals surface area contributed by atoms with Crippen molar-refractivity contribution in [2.24, 2.45) is 5.92 Å². The highest BCUT2D eigenvalue weighted by Crippen LogP contribution is 2.27. The van der Waals surface area contributed by atoms with Gasteiger partial charge in [0.25, 0.3) is 0 Å². The average Bonchev–Trinajstić information content (AvgIpc) is 2.98. The molecule has 1 aliphatic heterocycles. The zero-order valence-corrected chi connectivity index (χ0v) is 13.6. The second-order valence-corrected chi connectivity index (χ2v) is 6.72. The number of benzene rings is 1. The summed E-state index contributed by atoms with van der Waals surface area (Å²) in [5, 5.41) is 3.88. The maximum absolute atomic E-state index is 12.1. The van der Waals surface area contributed by atoms with Gasteiger partial charge in [0, 0.05) is 20.2 Å². The first-order valence-electron chi connectivity index (χ1n) is 7.63. The van der Waals surface area contributed by atoms with Crippen LogP contribution in [-0.4, -0.2) is 44.2 Å². The molecule has 3 rings (SSSR count). The monoisotopic (exact) mass is 319 g/mol. The number of anilines is 1. The number of carbonyl (C=O) groups is 1. The van der Waals surface area contributed by atoms with Crippen molar-refractivity contribution in [2.75, 3.05) is 38.3 Å². The first kappa shape index (κ1) is 15.2. The Bertz CT molecular complexity index is 604. The molecule has 0 saturated carbocycles. The molecule has 1 atom stereocenters. The van der Waals surface area contributed by atoms with Crippen LogP contribution in [0.1, 0.15) is 12.8 Å². The summed E-state index contributed by atoms with van der Waals surface area (Å²) in [4.78, 5) is 18.5. The summed E-state index contributed by atoms with van der Waals surface area (Å²) >= 11 is 1.61. The summed E-state index contributed by atoms with van der Waals surface area (Å²) in [6.07, 6.45) is 2.22. The van der Waals surface area contributed by atoms with Gasteiger partial charge in [0.2, 0.25) is 5.91 Å². The highest BCUT2D eigenvalue weighted by atomic mass is 32.1. The molecular weight excluding hydrogens is 298 g/mol. The number of carbonyl (C=O) groups excluding carboxylic acids is 1. The SMILES string of the molecule is CN(CC(=O)NC[C@@H]1CCCOC1)c1nc2ccccc2s1. The van der Waals surface area contributed by atoms with Gasteiger partial charge in [0.15, 0.2) is 5.13 Å². The van der Waals surface area contributed by atoms with Crippen molar-refractivity contribution in [3.05, 3.63) is 24.3 Å². The zero-order chi connectivity index (χ0) is 15.4. The van der Waals surface area contributed by atoms with Crippen LogP contribution in [0.25, 0.3) is 10.2 Å². The van der Waals surface area contributed by atoms with Gasteiger partial charge in [-0.1, -0.05) is 23.5 Å². The molecule has 1 aromatic heterocycles. The molecule has 118 valence electrons. The fourth-order valence-electron chi connectivity index (χ4n) is 2.59. The molecule has 1 aliphatic rings. The lowest BCUT2D eigenvalue weighted by Gasteiger charge is -2.23. The minimum atomic E-state index is 0.0346. The predicted octanol–water partition coefficient (Wildman–Crippen LogP) is 2.28. The third-order valence-electron chi connectivity index (χ3n) is 3.83. The number of thiazole rings is 1. The van der Waals surface area contributed by atoms with Gasteiger partial charge >= 0.3 is 0 Å². The number of para-hydroxylation sites is 1. The van der Waals surface area contributed by atoms with E-state index in [0.717, 1.165) is 41.4 Å². The summed E-state index contributed by atoms with van der Waals surface area (Å²) in [5.41, 5.74) is 0.981. The van der Waals surface area contributed by atoms with E-state index in [1.165, 1.54) is 0 Å². The number of hydrogen-bond acceptors (Lipinski definition) is 5. The fraction of sp³-hybridized carbons (Fsp3) is 0.500. The highest BCUT2D eigenvalue weighted by molar-refractivity contribution is 7.22. The van der Waals surface area contributed by atoms with Gasteiger partial charge in [0.1, 0.15) is 0 Å². The van der Waals surface area contributed by atoms with Crippen molar-refractivity contribution >= 4 is 32.6 Å². The van der Waals surface area contributed by atoms with Crippen molar-refractivity contribution in [1.82, 2.24) is 10.3 Å². The number of fused-ring (bicyclic) bond motifs is 1. The minimum Gasteiger partial charge on any atom is -0.381 e. The van der Waals surface area contributed by atoms with Gasteiger partial charge < -0.3 is 15.0 Å². The summed E-state index contributed by atoms with van der Waals surface area (Å²) in [6, 6.07) is 8.02.